The van der Waals surface area contributed by atoms with Gasteiger partial charge in [0.15, 0.2) is 6.29 Å². The summed E-state index contributed by atoms with van der Waals surface area (Å²) in [4.78, 5) is 0. The molecule has 1 aliphatic rings. The van der Waals surface area contributed by atoms with Crippen molar-refractivity contribution in [1.29, 1.82) is 0 Å². The van der Waals surface area contributed by atoms with Crippen molar-refractivity contribution >= 4 is 0 Å². The molecule has 0 amide bonds. The van der Waals surface area contributed by atoms with E-state index >= 15 is 0 Å². The Kier molecular flexibility index (Phi) is 2.35. The van der Waals surface area contributed by atoms with Gasteiger partial charge in [0.25, 0.3) is 0 Å². The molecule has 1 N–H and O–H groups in total. The van der Waals surface area contributed by atoms with E-state index in [0.717, 1.165) is 24.8 Å². The molecule has 11 heavy (non-hydrogen) atoms. The third-order valence-corrected chi connectivity index (χ3v) is 2.02. The summed E-state index contributed by atoms with van der Waals surface area (Å²) in [7, 11) is 0. The van der Waals surface area contributed by atoms with Crippen LogP contribution < -0.4 is 0 Å². The van der Waals surface area contributed by atoms with E-state index in [9.17, 15) is 0 Å². The number of hydrogen-bond acceptors (Lipinski definition) is 2. The summed E-state index contributed by atoms with van der Waals surface area (Å²) in [5.74, 6) is 0. The van der Waals surface area contributed by atoms with Crippen LogP contribution in [0.5, 0.6) is 0 Å². The van der Waals surface area contributed by atoms with Crippen molar-refractivity contribution in [2.75, 3.05) is 0 Å². The highest BCUT2D eigenvalue weighted by molar-refractivity contribution is 4.98. The van der Waals surface area contributed by atoms with Gasteiger partial charge < -0.3 is 9.84 Å². The van der Waals surface area contributed by atoms with Gasteiger partial charge in [-0.1, -0.05) is 5.57 Å². The summed E-state index contributed by atoms with van der Waals surface area (Å²) in [5.41, 5.74) is 0.951. The number of aliphatic hydroxyl groups is 1. The minimum absolute atomic E-state index is 0.161. The van der Waals surface area contributed by atoms with E-state index in [1.165, 1.54) is 0 Å². The molecule has 2 heteroatoms. The maximum Gasteiger partial charge on any atom is 0.155 e. The normalized spacial score (nSPS) is 37.5. The van der Waals surface area contributed by atoms with Crippen molar-refractivity contribution in [3.63, 3.8) is 0 Å². The molecule has 1 rings (SSSR count). The van der Waals surface area contributed by atoms with Gasteiger partial charge in [-0.3, -0.25) is 0 Å². The quantitative estimate of drug-likeness (QED) is 0.618. The lowest BCUT2D eigenvalue weighted by atomic mass is 9.95. The van der Waals surface area contributed by atoms with Crippen molar-refractivity contribution in [3.8, 4) is 0 Å². The van der Waals surface area contributed by atoms with Crippen LogP contribution in [0.25, 0.3) is 0 Å². The second kappa shape index (κ2) is 2.95. The van der Waals surface area contributed by atoms with E-state index in [1.54, 1.807) is 0 Å². The fourth-order valence-corrected chi connectivity index (χ4v) is 1.64. The fourth-order valence-electron chi connectivity index (χ4n) is 1.64. The van der Waals surface area contributed by atoms with Crippen LogP contribution in [0.15, 0.2) is 12.2 Å². The maximum atomic E-state index is 9.13. The molecular weight excluding hydrogens is 140 g/mol. The van der Waals surface area contributed by atoms with Crippen LogP contribution in [0.2, 0.25) is 0 Å². The average molecular weight is 156 g/mol. The lowest BCUT2D eigenvalue weighted by molar-refractivity contribution is -0.129. The lowest BCUT2D eigenvalue weighted by Gasteiger charge is -2.23. The Morgan fingerprint density at radius 2 is 2.45 bits per heavy atom. The van der Waals surface area contributed by atoms with Crippen molar-refractivity contribution in [2.45, 2.75) is 45.0 Å². The molecule has 1 saturated heterocycles. The third kappa shape index (κ3) is 2.31. The van der Waals surface area contributed by atoms with Crippen molar-refractivity contribution in [2.24, 2.45) is 0 Å². The van der Waals surface area contributed by atoms with Gasteiger partial charge in [-0.2, -0.15) is 0 Å². The van der Waals surface area contributed by atoms with E-state index in [1.807, 2.05) is 13.8 Å². The Balaban J connectivity index is 2.48. The predicted molar refractivity (Wildman–Crippen MR) is 44.2 cm³/mol. The zero-order chi connectivity index (χ0) is 8.48. The number of ether oxygens (including phenoxy) is 1. The SMILES string of the molecule is C=C(C)CC1(C)CCC(O)O1. The molecule has 2 nitrogen and oxygen atoms in total. The van der Waals surface area contributed by atoms with Gasteiger partial charge in [-0.25, -0.2) is 0 Å². The number of rotatable bonds is 2. The van der Waals surface area contributed by atoms with Crippen LogP contribution in [0.3, 0.4) is 0 Å². The average Bonchev–Trinajstić information content (AvgIpc) is 2.08. The summed E-state index contributed by atoms with van der Waals surface area (Å²) in [6.45, 7) is 7.84. The second-order valence-electron chi connectivity index (χ2n) is 3.69. The van der Waals surface area contributed by atoms with Crippen molar-refractivity contribution in [3.05, 3.63) is 12.2 Å². The molecule has 64 valence electrons. The Morgan fingerprint density at radius 1 is 1.82 bits per heavy atom. The summed E-state index contributed by atoms with van der Waals surface area (Å²) < 4.78 is 5.35. The molecule has 1 heterocycles. The molecule has 0 spiro atoms. The minimum atomic E-state index is -0.556. The van der Waals surface area contributed by atoms with Crippen molar-refractivity contribution in [1.82, 2.24) is 0 Å². The molecule has 0 radical (unpaired) electrons. The van der Waals surface area contributed by atoms with Gasteiger partial charge in [0, 0.05) is 6.42 Å². The molecule has 0 aromatic heterocycles. The van der Waals surface area contributed by atoms with Gasteiger partial charge >= 0.3 is 0 Å². The van der Waals surface area contributed by atoms with E-state index in [2.05, 4.69) is 6.58 Å². The third-order valence-electron chi connectivity index (χ3n) is 2.02. The Bertz CT molecular complexity index is 165. The zero-order valence-corrected chi connectivity index (χ0v) is 7.26. The summed E-state index contributed by atoms with van der Waals surface area (Å²) in [6, 6.07) is 0. The highest BCUT2D eigenvalue weighted by atomic mass is 16.6. The molecule has 1 fully saturated rings. The molecule has 1 aliphatic heterocycles. The molecule has 0 aromatic rings. The van der Waals surface area contributed by atoms with Gasteiger partial charge in [-0.05, 0) is 26.7 Å². The van der Waals surface area contributed by atoms with Gasteiger partial charge in [-0.15, -0.1) is 6.58 Å². The summed E-state index contributed by atoms with van der Waals surface area (Å²) in [6.07, 6.45) is 1.98. The molecule has 2 unspecified atom stereocenters. The molecule has 0 aromatic carbocycles. The zero-order valence-electron chi connectivity index (χ0n) is 7.26. The topological polar surface area (TPSA) is 29.5 Å². The standard InChI is InChI=1S/C9H16O2/c1-7(2)6-9(3)5-4-8(10)11-9/h8,10H,1,4-6H2,2-3H3. The highest BCUT2D eigenvalue weighted by Crippen LogP contribution is 2.33. The molecule has 0 aliphatic carbocycles. The Morgan fingerprint density at radius 3 is 2.82 bits per heavy atom. The molecule has 2 atom stereocenters. The fraction of sp³-hybridized carbons (Fsp3) is 0.778. The van der Waals surface area contributed by atoms with Gasteiger partial charge in [0.2, 0.25) is 0 Å². The smallest absolute Gasteiger partial charge is 0.155 e. The molecule has 0 saturated carbocycles. The first-order valence-corrected chi connectivity index (χ1v) is 4.02. The number of hydrogen-bond donors (Lipinski definition) is 1. The van der Waals surface area contributed by atoms with Gasteiger partial charge in [0.1, 0.15) is 0 Å². The summed E-state index contributed by atoms with van der Waals surface area (Å²) in [5, 5.41) is 9.13. The van der Waals surface area contributed by atoms with Crippen LogP contribution in [-0.4, -0.2) is 17.0 Å². The first-order valence-electron chi connectivity index (χ1n) is 4.02. The molecule has 0 bridgehead atoms. The first kappa shape index (κ1) is 8.75. The highest BCUT2D eigenvalue weighted by Gasteiger charge is 2.34. The van der Waals surface area contributed by atoms with Crippen LogP contribution in [0.4, 0.5) is 0 Å². The van der Waals surface area contributed by atoms with Crippen LogP contribution in [0, 0.1) is 0 Å². The maximum absolute atomic E-state index is 9.13. The van der Waals surface area contributed by atoms with Crippen LogP contribution in [0.1, 0.15) is 33.1 Å². The Hall–Kier alpha value is -0.340. The minimum Gasteiger partial charge on any atom is -0.368 e. The Labute approximate surface area is 67.9 Å². The van der Waals surface area contributed by atoms with Gasteiger partial charge in [0.05, 0.1) is 5.60 Å². The van der Waals surface area contributed by atoms with E-state index in [4.69, 9.17) is 9.84 Å². The van der Waals surface area contributed by atoms with E-state index in [0.29, 0.717) is 0 Å². The predicted octanol–water partition coefficient (Wildman–Crippen LogP) is 1.84. The monoisotopic (exact) mass is 156 g/mol. The second-order valence-corrected chi connectivity index (χ2v) is 3.69. The van der Waals surface area contributed by atoms with Crippen LogP contribution >= 0.6 is 0 Å². The van der Waals surface area contributed by atoms with E-state index < -0.39 is 6.29 Å². The first-order chi connectivity index (χ1) is 5.02. The largest absolute Gasteiger partial charge is 0.368 e. The van der Waals surface area contributed by atoms with E-state index in [-0.39, 0.29) is 5.60 Å². The van der Waals surface area contributed by atoms with Crippen molar-refractivity contribution < 1.29 is 9.84 Å². The number of aliphatic hydroxyl groups excluding tert-OH is 1. The van der Waals surface area contributed by atoms with Crippen LogP contribution in [-0.2, 0) is 4.74 Å². The lowest BCUT2D eigenvalue weighted by Crippen LogP contribution is -2.24. The summed E-state index contributed by atoms with van der Waals surface area (Å²) >= 11 is 0. The molecular formula is C9H16O2.